The number of carbonyl (C=O) groups is 10. The van der Waals surface area contributed by atoms with E-state index in [1.54, 1.807) is 186 Å². The SMILES string of the molecule is C.C.C.CC(C)(C)C(=O)Oc1ccc2c(c1)Oc1cc(OC(=O)C(C)(C)C)ccc1C21OC(=O)c2cc(C(=O)NCCCCCC(=O)NCCOCCOCCCCCCCl)ccc21.CC(C)(C)C(=O)Oc1ccc2c(c1)Oc1cc(OC(=O)C(C)(C)C)ccc1C21OC(=O)c2ccc(C(=O)NCCCCCC(=O)NCCOCCOCCCCCCCl)cc21. The number of esters is 6. The largest absolute Gasteiger partial charge is 0.456 e. The summed E-state index contributed by atoms with van der Waals surface area (Å²) in [7, 11) is 0. The summed E-state index contributed by atoms with van der Waals surface area (Å²) in [6.07, 6.45) is 13.4. The van der Waals surface area contributed by atoms with Crippen LogP contribution in [0.2, 0.25) is 0 Å². The van der Waals surface area contributed by atoms with Crippen LogP contribution < -0.4 is 49.7 Å². The average Bonchev–Trinajstić information content (AvgIpc) is 1.60. The van der Waals surface area contributed by atoms with Crippen LogP contribution in [0.15, 0.2) is 109 Å². The Balaban J connectivity index is 0.000000377. The Hall–Kier alpha value is -9.96. The average molecular weight is 1780 g/mol. The number of benzene rings is 6. The molecule has 4 heterocycles. The first kappa shape index (κ1) is 104. The van der Waals surface area contributed by atoms with E-state index in [9.17, 15) is 47.9 Å². The van der Waals surface area contributed by atoms with Gasteiger partial charge >= 0.3 is 35.8 Å². The van der Waals surface area contributed by atoms with E-state index in [0.717, 1.165) is 64.2 Å². The zero-order chi connectivity index (χ0) is 88.4. The van der Waals surface area contributed by atoms with Crippen molar-refractivity contribution in [2.75, 3.05) is 90.8 Å². The molecule has 2 spiro atoms. The molecule has 0 bridgehead atoms. The number of alkyl halides is 2. The molecule has 0 unspecified atom stereocenters. The molecule has 26 nitrogen and oxygen atoms in total. The molecule has 0 aliphatic carbocycles. The van der Waals surface area contributed by atoms with Crippen LogP contribution in [0.4, 0.5) is 0 Å². The number of rotatable bonds is 42. The molecule has 684 valence electrons. The normalized spacial score (nSPS) is 13.3. The smallest absolute Gasteiger partial charge is 0.340 e. The highest BCUT2D eigenvalue weighted by Crippen LogP contribution is 2.59. The monoisotopic (exact) mass is 1770 g/mol. The molecule has 10 rings (SSSR count). The fourth-order valence-electron chi connectivity index (χ4n) is 13.4. The first-order valence-electron chi connectivity index (χ1n) is 42.2. The third-order valence-electron chi connectivity index (χ3n) is 20.3. The van der Waals surface area contributed by atoms with Gasteiger partial charge in [0.1, 0.15) is 46.0 Å². The lowest BCUT2D eigenvalue weighted by Gasteiger charge is -2.37. The van der Waals surface area contributed by atoms with Crippen LogP contribution in [0.1, 0.15) is 283 Å². The Kier molecular flexibility index (Phi) is 40.0. The molecule has 0 radical (unpaired) electrons. The summed E-state index contributed by atoms with van der Waals surface area (Å²) >= 11 is 11.4. The molecule has 0 fully saturated rings. The number of hydrogen-bond acceptors (Lipinski definition) is 22. The van der Waals surface area contributed by atoms with E-state index < -0.39 is 68.7 Å². The van der Waals surface area contributed by atoms with Gasteiger partial charge in [0, 0.05) is 133 Å². The van der Waals surface area contributed by atoms with Crippen molar-refractivity contribution in [3.8, 4) is 46.0 Å². The van der Waals surface area contributed by atoms with E-state index in [-0.39, 0.29) is 109 Å². The summed E-state index contributed by atoms with van der Waals surface area (Å²) in [6, 6.07) is 29.0. The molecular formula is C97H130Cl2N4O22. The lowest BCUT2D eigenvalue weighted by Crippen LogP contribution is -2.33. The van der Waals surface area contributed by atoms with Gasteiger partial charge in [-0.3, -0.25) is 38.4 Å². The number of hydrogen-bond donors (Lipinski definition) is 4. The number of carbonyl (C=O) groups excluding carboxylic acids is 10. The van der Waals surface area contributed by atoms with Crippen LogP contribution in [0.5, 0.6) is 46.0 Å². The second-order valence-electron chi connectivity index (χ2n) is 34.5. The van der Waals surface area contributed by atoms with Crippen LogP contribution in [0.25, 0.3) is 0 Å². The second kappa shape index (κ2) is 48.1. The van der Waals surface area contributed by atoms with Gasteiger partial charge in [-0.05, 0) is 213 Å². The summed E-state index contributed by atoms with van der Waals surface area (Å²) in [5, 5.41) is 11.6. The molecule has 0 aromatic heterocycles. The van der Waals surface area contributed by atoms with Crippen molar-refractivity contribution in [3.05, 3.63) is 165 Å². The minimum Gasteiger partial charge on any atom is -0.456 e. The van der Waals surface area contributed by atoms with Crippen LogP contribution in [0.3, 0.4) is 0 Å². The second-order valence-corrected chi connectivity index (χ2v) is 35.3. The van der Waals surface area contributed by atoms with Gasteiger partial charge in [0.25, 0.3) is 11.8 Å². The number of fused-ring (bicyclic) bond motifs is 12. The van der Waals surface area contributed by atoms with Crippen molar-refractivity contribution >= 4 is 82.6 Å². The molecule has 4 aliphatic rings. The maximum absolute atomic E-state index is 13.8. The van der Waals surface area contributed by atoms with E-state index in [1.165, 1.54) is 6.07 Å². The molecule has 4 amide bonds. The predicted molar refractivity (Wildman–Crippen MR) is 479 cm³/mol. The highest BCUT2D eigenvalue weighted by atomic mass is 35.5. The van der Waals surface area contributed by atoms with Gasteiger partial charge in [-0.2, -0.15) is 0 Å². The number of amides is 4. The molecule has 6 aromatic carbocycles. The van der Waals surface area contributed by atoms with Gasteiger partial charge in [0.2, 0.25) is 11.8 Å². The van der Waals surface area contributed by atoms with Crippen molar-refractivity contribution in [1.82, 2.24) is 21.3 Å². The zero-order valence-corrected chi connectivity index (χ0v) is 73.9. The molecule has 0 saturated carbocycles. The van der Waals surface area contributed by atoms with Gasteiger partial charge in [0.15, 0.2) is 11.2 Å². The van der Waals surface area contributed by atoms with Crippen LogP contribution >= 0.6 is 23.2 Å². The van der Waals surface area contributed by atoms with Gasteiger partial charge in [0.05, 0.1) is 72.4 Å². The van der Waals surface area contributed by atoms with Crippen molar-refractivity contribution in [2.45, 2.75) is 219 Å². The van der Waals surface area contributed by atoms with E-state index in [4.69, 9.17) is 80.0 Å². The van der Waals surface area contributed by atoms with Gasteiger partial charge in [-0.25, -0.2) is 9.59 Å². The standard InChI is InChI=1S/2C47H59ClN2O11.3CH4/c1-45(2,3)43(54)58-32-16-19-36-38(29-32)60-39-30-33(59-44(55)46(4,5)6)17-20-37(39)47(36)35-18-15-31(28-34(35)42(53)61-47)41(52)50-22-12-9-10-14-40(51)49-23-25-57-27-26-56-24-13-8-7-11-21-48;1-45(2,3)43(54)58-32-16-19-35-38(29-32)60-39-30-33(59-44(55)46(4,5)6)17-20-36(39)47(35)37-28-31(15-18-34(37)42(53)61-47)41(52)50-22-12-9-10-14-40(51)49-23-25-57-27-26-56-24-13-8-7-11-21-48;;;/h2*15-20,28-30H,7-14,21-27H2,1-6H3,(H,49,51)(H,50,52);3*1H4. The highest BCUT2D eigenvalue weighted by Gasteiger charge is 2.56. The van der Waals surface area contributed by atoms with Crippen molar-refractivity contribution in [3.63, 3.8) is 0 Å². The molecule has 28 heteroatoms. The van der Waals surface area contributed by atoms with Crippen molar-refractivity contribution < 1.29 is 105 Å². The topological polar surface area (TPSA) is 330 Å². The summed E-state index contributed by atoms with van der Waals surface area (Å²) in [4.78, 5) is 130. The lowest BCUT2D eigenvalue weighted by atomic mass is 9.77. The molecule has 4 N–H and O–H groups in total. The van der Waals surface area contributed by atoms with Crippen molar-refractivity contribution in [2.24, 2.45) is 21.7 Å². The van der Waals surface area contributed by atoms with E-state index in [1.807, 2.05) is 0 Å². The summed E-state index contributed by atoms with van der Waals surface area (Å²) in [6.45, 7) is 26.8. The summed E-state index contributed by atoms with van der Waals surface area (Å²) in [5.74, 6) is -0.557. The first-order valence-corrected chi connectivity index (χ1v) is 43.3. The molecule has 4 aliphatic heterocycles. The molecular weight excluding hydrogens is 1640 g/mol. The van der Waals surface area contributed by atoms with E-state index in [2.05, 4.69) is 21.3 Å². The predicted octanol–water partition coefficient (Wildman–Crippen LogP) is 18.7. The number of unbranched alkanes of at least 4 members (excludes halogenated alkanes) is 10. The lowest BCUT2D eigenvalue weighted by molar-refractivity contribution is -0.143. The third-order valence-corrected chi connectivity index (χ3v) is 20.8. The molecule has 125 heavy (non-hydrogen) atoms. The molecule has 0 saturated heterocycles. The minimum absolute atomic E-state index is 0. The molecule has 0 atom stereocenters. The Morgan fingerprint density at radius 2 is 0.632 bits per heavy atom. The van der Waals surface area contributed by atoms with E-state index in [0.29, 0.717) is 168 Å². The van der Waals surface area contributed by atoms with Crippen LogP contribution in [-0.4, -0.2) is 150 Å². The highest BCUT2D eigenvalue weighted by molar-refractivity contribution is 6.18. The fraction of sp³-hybridized carbons (Fsp3) is 0.526. The van der Waals surface area contributed by atoms with Crippen LogP contribution in [-0.2, 0) is 68.4 Å². The first-order chi connectivity index (χ1) is 58.1. The van der Waals surface area contributed by atoms with Gasteiger partial charge < -0.3 is 78.1 Å². The number of nitrogens with one attached hydrogen (secondary N) is 4. The molecule has 6 aromatic rings. The van der Waals surface area contributed by atoms with Gasteiger partial charge in [-0.1, -0.05) is 66.9 Å². The Labute approximate surface area is 747 Å². The third kappa shape index (κ3) is 28.5. The maximum Gasteiger partial charge on any atom is 0.340 e. The Morgan fingerprint density at radius 3 is 0.992 bits per heavy atom. The van der Waals surface area contributed by atoms with Gasteiger partial charge in [-0.15, -0.1) is 23.2 Å². The summed E-state index contributed by atoms with van der Waals surface area (Å²) in [5.41, 5.74) is -2.35. The Bertz CT molecular complexity index is 4530. The zero-order valence-electron chi connectivity index (χ0n) is 72.3. The summed E-state index contributed by atoms with van der Waals surface area (Å²) < 4.78 is 70.2. The number of halogens is 2. The minimum atomic E-state index is -1.56. The fourth-order valence-corrected chi connectivity index (χ4v) is 13.8. The van der Waals surface area contributed by atoms with E-state index >= 15 is 0 Å². The maximum atomic E-state index is 13.8. The number of ether oxygens (including phenoxy) is 12. The quantitative estimate of drug-likeness (QED) is 0.0120. The van der Waals surface area contributed by atoms with Crippen molar-refractivity contribution in [1.29, 1.82) is 0 Å². The Morgan fingerprint density at radius 1 is 0.320 bits per heavy atom. The van der Waals surface area contributed by atoms with Crippen LogP contribution in [0, 0.1) is 21.7 Å².